The van der Waals surface area contributed by atoms with E-state index >= 15 is 0 Å². The molecule has 2 aromatic carbocycles. The first kappa shape index (κ1) is 30.8. The van der Waals surface area contributed by atoms with Crippen LogP contribution in [0.2, 0.25) is 0 Å². The molecule has 3 aliphatic rings. The highest BCUT2D eigenvalue weighted by atomic mass is 16.5. The number of aryl methyl sites for hydroxylation is 1. The molecule has 3 aliphatic heterocycles. The van der Waals surface area contributed by atoms with Gasteiger partial charge in [-0.1, -0.05) is 36.9 Å². The van der Waals surface area contributed by atoms with Crippen molar-refractivity contribution in [3.63, 3.8) is 0 Å². The number of carbonyl (C=O) groups excluding carboxylic acids is 1. The smallest absolute Gasteiger partial charge is 0.318 e. The lowest BCUT2D eigenvalue weighted by Gasteiger charge is -2.41. The van der Waals surface area contributed by atoms with Gasteiger partial charge in [0.15, 0.2) is 0 Å². The highest BCUT2D eigenvalue weighted by molar-refractivity contribution is 5.97. The zero-order valence-corrected chi connectivity index (χ0v) is 26.6. The number of amides is 1. The van der Waals surface area contributed by atoms with E-state index in [2.05, 4.69) is 83.4 Å². The number of carbonyl (C=O) groups is 1. The fraction of sp³-hybridized carbons (Fsp3) is 0.486. The molecular weight excluding hydrogens is 566 g/mol. The molecule has 0 aliphatic carbocycles. The van der Waals surface area contributed by atoms with Crippen molar-refractivity contribution in [3.8, 4) is 6.01 Å². The van der Waals surface area contributed by atoms with Crippen molar-refractivity contribution in [2.45, 2.75) is 51.4 Å². The molecule has 0 spiro atoms. The van der Waals surface area contributed by atoms with Gasteiger partial charge in [-0.3, -0.25) is 9.69 Å². The Morgan fingerprint density at radius 2 is 2.04 bits per heavy atom. The van der Waals surface area contributed by atoms with Crippen LogP contribution in [0.5, 0.6) is 6.01 Å². The molecule has 2 fully saturated rings. The highest BCUT2D eigenvalue weighted by Crippen LogP contribution is 2.36. The van der Waals surface area contributed by atoms with Crippen LogP contribution >= 0.6 is 0 Å². The molecule has 3 atom stereocenters. The van der Waals surface area contributed by atoms with E-state index in [0.717, 1.165) is 56.2 Å². The molecule has 6 rings (SSSR count). The molecule has 4 heterocycles. The zero-order chi connectivity index (χ0) is 31.5. The number of anilines is 2. The number of nitrogens with zero attached hydrogens (tertiary/aromatic N) is 7. The van der Waals surface area contributed by atoms with Gasteiger partial charge in [-0.2, -0.15) is 9.97 Å². The number of aromatic nitrogens is 2. The van der Waals surface area contributed by atoms with Gasteiger partial charge in [-0.15, -0.1) is 0 Å². The second-order valence-electron chi connectivity index (χ2n) is 12.4. The molecule has 0 N–H and O–H groups in total. The van der Waals surface area contributed by atoms with Gasteiger partial charge in [-0.05, 0) is 56.8 Å². The van der Waals surface area contributed by atoms with Crippen molar-refractivity contribution in [1.29, 1.82) is 0 Å². The van der Waals surface area contributed by atoms with Crippen LogP contribution in [-0.2, 0) is 22.5 Å². The largest absolute Gasteiger partial charge is 0.459 e. The Bertz CT molecular complexity index is 1590. The van der Waals surface area contributed by atoms with E-state index in [-0.39, 0.29) is 24.6 Å². The topological polar surface area (TPSA) is 78.6 Å². The van der Waals surface area contributed by atoms with Crippen LogP contribution in [0, 0.1) is 13.5 Å². The Morgan fingerprint density at radius 3 is 2.80 bits per heavy atom. The highest BCUT2D eigenvalue weighted by Gasteiger charge is 2.35. The average Bonchev–Trinajstić information content (AvgIpc) is 3.59. The molecule has 1 unspecified atom stereocenters. The van der Waals surface area contributed by atoms with E-state index < -0.39 is 0 Å². The predicted molar refractivity (Wildman–Crippen MR) is 177 cm³/mol. The summed E-state index contributed by atoms with van der Waals surface area (Å²) in [6.45, 7) is 21.1. The van der Waals surface area contributed by atoms with Crippen LogP contribution in [0.3, 0.4) is 0 Å². The predicted octanol–water partition coefficient (Wildman–Crippen LogP) is 4.11. The van der Waals surface area contributed by atoms with E-state index in [0.29, 0.717) is 38.2 Å². The van der Waals surface area contributed by atoms with Crippen LogP contribution in [0.4, 0.5) is 11.5 Å². The van der Waals surface area contributed by atoms with Gasteiger partial charge >= 0.3 is 6.01 Å². The summed E-state index contributed by atoms with van der Waals surface area (Å²) in [4.78, 5) is 35.0. The Balaban J connectivity index is 1.32. The lowest BCUT2D eigenvalue weighted by Crippen LogP contribution is -2.56. The van der Waals surface area contributed by atoms with Crippen LogP contribution in [-0.4, -0.2) is 103 Å². The molecule has 0 saturated carbocycles. The fourth-order valence-corrected chi connectivity index (χ4v) is 7.04. The van der Waals surface area contributed by atoms with Gasteiger partial charge < -0.3 is 29.0 Å². The van der Waals surface area contributed by atoms with Gasteiger partial charge in [0.2, 0.25) is 12.5 Å². The first-order valence-electron chi connectivity index (χ1n) is 15.9. The van der Waals surface area contributed by atoms with E-state index in [1.165, 1.54) is 28.1 Å². The summed E-state index contributed by atoms with van der Waals surface area (Å²) >= 11 is 0. The third-order valence-electron chi connectivity index (χ3n) is 9.38. The van der Waals surface area contributed by atoms with Crippen molar-refractivity contribution in [2.75, 3.05) is 69.3 Å². The number of fused-ring (bicyclic) bond motifs is 2. The van der Waals surface area contributed by atoms with Gasteiger partial charge in [0, 0.05) is 62.0 Å². The van der Waals surface area contributed by atoms with Crippen molar-refractivity contribution >= 4 is 28.2 Å². The van der Waals surface area contributed by atoms with Crippen molar-refractivity contribution < 1.29 is 14.3 Å². The minimum atomic E-state index is -0.239. The Hall–Kier alpha value is -4.20. The van der Waals surface area contributed by atoms with Crippen LogP contribution < -0.4 is 14.5 Å². The molecular formula is C35H43N7O3. The summed E-state index contributed by atoms with van der Waals surface area (Å²) in [5.74, 6) is 0.720. The van der Waals surface area contributed by atoms with E-state index in [4.69, 9.17) is 26.0 Å². The summed E-state index contributed by atoms with van der Waals surface area (Å²) in [5.41, 5.74) is 4.54. The summed E-state index contributed by atoms with van der Waals surface area (Å²) in [7, 11) is 2.11. The maximum absolute atomic E-state index is 12.6. The molecule has 2 saturated heterocycles. The summed E-state index contributed by atoms with van der Waals surface area (Å²) in [6, 6.07) is 13.5. The zero-order valence-electron chi connectivity index (χ0n) is 26.6. The van der Waals surface area contributed by atoms with Crippen LogP contribution in [0.25, 0.3) is 15.6 Å². The maximum atomic E-state index is 12.6. The molecule has 236 valence electrons. The average molecular weight is 610 g/mol. The third kappa shape index (κ3) is 6.46. The van der Waals surface area contributed by atoms with E-state index in [1.807, 2.05) is 0 Å². The molecule has 0 bridgehead atoms. The quantitative estimate of drug-likeness (QED) is 0.265. The van der Waals surface area contributed by atoms with Crippen molar-refractivity contribution in [2.24, 2.45) is 0 Å². The third-order valence-corrected chi connectivity index (χ3v) is 9.38. The summed E-state index contributed by atoms with van der Waals surface area (Å²) in [5, 5.41) is 2.50. The number of likely N-dealkylation sites (N-methyl/N-ethyl adjacent to an activating group) is 1. The first-order chi connectivity index (χ1) is 21.9. The maximum Gasteiger partial charge on any atom is 0.318 e. The van der Waals surface area contributed by atoms with Crippen molar-refractivity contribution in [1.82, 2.24) is 19.8 Å². The van der Waals surface area contributed by atoms with Gasteiger partial charge in [0.25, 0.3) is 0 Å². The lowest BCUT2D eigenvalue weighted by atomic mass is 9.99. The van der Waals surface area contributed by atoms with Crippen LogP contribution in [0.1, 0.15) is 30.2 Å². The SMILES string of the molecule is [C-]#[N+]C[C@H]1CN(c2nc(O[C@@H](C)CN(C)C3CCOC3)nc3c2CCN(c2cccc4cccc(C)c24)C3)CCN1C(=O)C=C. The molecule has 0 radical (unpaired) electrons. The summed E-state index contributed by atoms with van der Waals surface area (Å²) in [6.07, 6.45) is 3.02. The number of ether oxygens (including phenoxy) is 2. The molecule has 3 aromatic rings. The van der Waals surface area contributed by atoms with Gasteiger partial charge in [-0.25, -0.2) is 6.57 Å². The molecule has 10 nitrogen and oxygen atoms in total. The molecule has 1 aromatic heterocycles. The lowest BCUT2D eigenvalue weighted by molar-refractivity contribution is -0.128. The fourth-order valence-electron chi connectivity index (χ4n) is 7.04. The first-order valence-corrected chi connectivity index (χ1v) is 15.9. The Morgan fingerprint density at radius 1 is 1.22 bits per heavy atom. The molecule has 10 heteroatoms. The second kappa shape index (κ2) is 13.4. The Labute approximate surface area is 266 Å². The number of benzene rings is 2. The second-order valence-corrected chi connectivity index (χ2v) is 12.4. The van der Waals surface area contributed by atoms with Crippen molar-refractivity contribution in [3.05, 3.63) is 77.3 Å². The van der Waals surface area contributed by atoms with Gasteiger partial charge in [0.05, 0.1) is 18.8 Å². The van der Waals surface area contributed by atoms with E-state index in [1.54, 1.807) is 4.90 Å². The monoisotopic (exact) mass is 609 g/mol. The minimum Gasteiger partial charge on any atom is -0.459 e. The number of rotatable bonds is 9. The summed E-state index contributed by atoms with van der Waals surface area (Å²) < 4.78 is 12.0. The van der Waals surface area contributed by atoms with Crippen LogP contribution in [0.15, 0.2) is 49.1 Å². The standard InChI is InChI=1S/C35H43N7O3/c1-6-32(43)42-17-16-41(21-28(42)19-36-4)34-29-13-15-40(31-12-8-11-26-10-7-9-24(2)33(26)31)22-30(29)37-35(38-34)45-25(3)20-39(5)27-14-18-44-23-27/h6-12,25,27-28H,1,13-23H2,2-3,5H3/t25-,27?,28-/m0/s1. The molecule has 45 heavy (non-hydrogen) atoms. The normalized spacial score (nSPS) is 20.6. The number of hydrogen-bond donors (Lipinski definition) is 0. The van der Waals surface area contributed by atoms with Gasteiger partial charge in [0.1, 0.15) is 18.0 Å². The minimum absolute atomic E-state index is 0.126. The number of piperazine rings is 1. The molecule has 1 amide bonds. The number of hydrogen-bond acceptors (Lipinski definition) is 8. The Kier molecular flexibility index (Phi) is 9.19. The van der Waals surface area contributed by atoms with E-state index in [9.17, 15) is 4.79 Å².